The largest absolute Gasteiger partial charge is 0.487 e. The molecule has 0 atom stereocenters. The highest BCUT2D eigenvalue weighted by atomic mass is 16.5. The number of carbonyl (C=O) groups is 2. The highest BCUT2D eigenvalue weighted by molar-refractivity contribution is 6.18. The van der Waals surface area contributed by atoms with Crippen LogP contribution in [0.1, 0.15) is 20.8 Å². The number of carbonyl (C=O) groups excluding carboxylic acids is 2. The van der Waals surface area contributed by atoms with Crippen LogP contribution in [0, 0.1) is 0 Å². The zero-order valence-corrected chi connectivity index (χ0v) is 7.96. The molecule has 1 rings (SSSR count). The van der Waals surface area contributed by atoms with E-state index < -0.39 is 0 Å². The van der Waals surface area contributed by atoms with E-state index >= 15 is 0 Å². The van der Waals surface area contributed by atoms with Gasteiger partial charge in [0.15, 0.2) is 11.5 Å². The van der Waals surface area contributed by atoms with Crippen molar-refractivity contribution in [2.45, 2.75) is 26.9 Å². The lowest BCUT2D eigenvalue weighted by Gasteiger charge is -2.13. The van der Waals surface area contributed by atoms with Crippen LogP contribution in [0.3, 0.4) is 0 Å². The molecule has 0 fully saturated rings. The van der Waals surface area contributed by atoms with Gasteiger partial charge in [-0.25, -0.2) is 0 Å². The molecule has 1 aliphatic rings. The number of ketones is 2. The number of rotatable bonds is 2. The summed E-state index contributed by atoms with van der Waals surface area (Å²) in [5, 5.41) is 0. The van der Waals surface area contributed by atoms with Crippen molar-refractivity contribution in [1.82, 2.24) is 0 Å². The molecular weight excluding hydrogens is 168 g/mol. The van der Waals surface area contributed by atoms with Crippen LogP contribution in [-0.2, 0) is 14.3 Å². The van der Waals surface area contributed by atoms with E-state index in [0.717, 1.165) is 0 Å². The first-order valence-corrected chi connectivity index (χ1v) is 4.16. The summed E-state index contributed by atoms with van der Waals surface area (Å²) in [6.07, 6.45) is 2.47. The van der Waals surface area contributed by atoms with Crippen molar-refractivity contribution in [3.8, 4) is 0 Å². The minimum Gasteiger partial charge on any atom is -0.487 e. The predicted molar refractivity (Wildman–Crippen MR) is 48.1 cm³/mol. The normalized spacial score (nSPS) is 17.2. The maximum Gasteiger partial charge on any atom is 0.220 e. The van der Waals surface area contributed by atoms with Crippen LogP contribution in [0.4, 0.5) is 0 Å². The number of allylic oxidation sites excluding steroid dienone is 3. The summed E-state index contributed by atoms with van der Waals surface area (Å²) >= 11 is 0. The van der Waals surface area contributed by atoms with Gasteiger partial charge in [0.05, 0.1) is 6.10 Å². The molecule has 3 nitrogen and oxygen atoms in total. The van der Waals surface area contributed by atoms with E-state index in [1.807, 2.05) is 13.8 Å². The number of hydrogen-bond donors (Lipinski definition) is 0. The quantitative estimate of drug-likeness (QED) is 0.603. The lowest BCUT2D eigenvalue weighted by molar-refractivity contribution is -0.118. The second-order valence-electron chi connectivity index (χ2n) is 3.23. The summed E-state index contributed by atoms with van der Waals surface area (Å²) in [5.41, 5.74) is 0.459. The second-order valence-corrected chi connectivity index (χ2v) is 3.23. The van der Waals surface area contributed by atoms with Crippen molar-refractivity contribution in [2.24, 2.45) is 0 Å². The third-order valence-corrected chi connectivity index (χ3v) is 1.60. The smallest absolute Gasteiger partial charge is 0.220 e. The Bertz CT molecular complexity index is 308. The third kappa shape index (κ3) is 2.28. The molecular formula is C10H12O3. The molecule has 0 radical (unpaired) electrons. The SMILES string of the molecule is CC1=CC(=O)C(OC(C)C)=CC1=O. The zero-order chi connectivity index (χ0) is 10.0. The van der Waals surface area contributed by atoms with Gasteiger partial charge in [-0.2, -0.15) is 0 Å². The Kier molecular flexibility index (Phi) is 2.66. The minimum atomic E-state index is -0.231. The number of hydrogen-bond acceptors (Lipinski definition) is 3. The van der Waals surface area contributed by atoms with Crippen LogP contribution >= 0.6 is 0 Å². The van der Waals surface area contributed by atoms with E-state index in [1.165, 1.54) is 12.2 Å². The molecule has 0 aromatic heterocycles. The van der Waals surface area contributed by atoms with Gasteiger partial charge in [0.25, 0.3) is 0 Å². The molecule has 0 spiro atoms. The average molecular weight is 180 g/mol. The summed E-state index contributed by atoms with van der Waals surface area (Å²) in [6, 6.07) is 0. The lowest BCUT2D eigenvalue weighted by atomic mass is 10.0. The van der Waals surface area contributed by atoms with Crippen LogP contribution in [0.5, 0.6) is 0 Å². The Morgan fingerprint density at radius 2 is 1.77 bits per heavy atom. The Morgan fingerprint density at radius 3 is 2.31 bits per heavy atom. The van der Waals surface area contributed by atoms with Gasteiger partial charge < -0.3 is 4.74 Å². The van der Waals surface area contributed by atoms with Gasteiger partial charge in [-0.15, -0.1) is 0 Å². The van der Waals surface area contributed by atoms with Crippen molar-refractivity contribution >= 4 is 11.6 Å². The van der Waals surface area contributed by atoms with E-state index in [2.05, 4.69) is 0 Å². The molecule has 0 heterocycles. The van der Waals surface area contributed by atoms with Gasteiger partial charge in [-0.3, -0.25) is 9.59 Å². The highest BCUT2D eigenvalue weighted by Gasteiger charge is 2.19. The molecule has 0 amide bonds. The standard InChI is InChI=1S/C10H12O3/c1-6(2)13-10-5-8(11)7(3)4-9(10)12/h4-6H,1-3H3. The molecule has 0 saturated carbocycles. The molecule has 3 heteroatoms. The maximum atomic E-state index is 11.3. The van der Waals surface area contributed by atoms with Crippen molar-refractivity contribution in [3.05, 3.63) is 23.5 Å². The third-order valence-electron chi connectivity index (χ3n) is 1.60. The molecule has 13 heavy (non-hydrogen) atoms. The summed E-state index contributed by atoms with van der Waals surface area (Å²) < 4.78 is 5.17. The predicted octanol–water partition coefficient (Wildman–Crippen LogP) is 1.39. The van der Waals surface area contributed by atoms with Crippen LogP contribution in [0.15, 0.2) is 23.5 Å². The first-order valence-electron chi connectivity index (χ1n) is 4.16. The van der Waals surface area contributed by atoms with Gasteiger partial charge in [-0.05, 0) is 26.8 Å². The molecule has 0 aromatic rings. The Balaban J connectivity index is 2.83. The fourth-order valence-electron chi connectivity index (χ4n) is 0.989. The van der Waals surface area contributed by atoms with Crippen LogP contribution in [0.2, 0.25) is 0 Å². The van der Waals surface area contributed by atoms with E-state index in [1.54, 1.807) is 6.92 Å². The molecule has 1 aliphatic carbocycles. The summed E-state index contributed by atoms with van der Waals surface area (Å²) in [4.78, 5) is 22.4. The minimum absolute atomic E-state index is 0.0881. The summed E-state index contributed by atoms with van der Waals surface area (Å²) in [6.45, 7) is 5.23. The van der Waals surface area contributed by atoms with Crippen LogP contribution in [0.25, 0.3) is 0 Å². The molecule has 0 saturated heterocycles. The van der Waals surface area contributed by atoms with Gasteiger partial charge in [0.1, 0.15) is 0 Å². The van der Waals surface area contributed by atoms with Gasteiger partial charge >= 0.3 is 0 Å². The van der Waals surface area contributed by atoms with Crippen LogP contribution < -0.4 is 0 Å². The summed E-state index contributed by atoms with van der Waals surface area (Å²) in [5.74, 6) is -0.244. The van der Waals surface area contributed by atoms with Crippen molar-refractivity contribution in [1.29, 1.82) is 0 Å². The maximum absolute atomic E-state index is 11.3. The van der Waals surface area contributed by atoms with E-state index in [4.69, 9.17) is 4.74 Å². The zero-order valence-electron chi connectivity index (χ0n) is 7.96. The van der Waals surface area contributed by atoms with Crippen molar-refractivity contribution in [2.75, 3.05) is 0 Å². The topological polar surface area (TPSA) is 43.4 Å². The Morgan fingerprint density at radius 1 is 1.15 bits per heavy atom. The fraction of sp³-hybridized carbons (Fsp3) is 0.400. The van der Waals surface area contributed by atoms with Gasteiger partial charge in [0, 0.05) is 11.6 Å². The molecule has 70 valence electrons. The van der Waals surface area contributed by atoms with E-state index in [-0.39, 0.29) is 23.4 Å². The summed E-state index contributed by atoms with van der Waals surface area (Å²) in [7, 11) is 0. The van der Waals surface area contributed by atoms with E-state index in [9.17, 15) is 9.59 Å². The lowest BCUT2D eigenvalue weighted by Crippen LogP contribution is -2.16. The Hall–Kier alpha value is -1.38. The first-order chi connectivity index (χ1) is 6.00. The Labute approximate surface area is 77.1 Å². The molecule has 0 N–H and O–H groups in total. The average Bonchev–Trinajstić information content (AvgIpc) is 1.99. The monoisotopic (exact) mass is 180 g/mol. The molecule has 0 bridgehead atoms. The fourth-order valence-corrected chi connectivity index (χ4v) is 0.989. The highest BCUT2D eigenvalue weighted by Crippen LogP contribution is 2.13. The number of ether oxygens (including phenoxy) is 1. The van der Waals surface area contributed by atoms with E-state index in [0.29, 0.717) is 5.57 Å². The van der Waals surface area contributed by atoms with Gasteiger partial charge in [-0.1, -0.05) is 0 Å². The van der Waals surface area contributed by atoms with Gasteiger partial charge in [0.2, 0.25) is 5.78 Å². The second kappa shape index (κ2) is 3.56. The molecule has 0 aromatic carbocycles. The first kappa shape index (κ1) is 9.71. The molecule has 0 unspecified atom stereocenters. The van der Waals surface area contributed by atoms with Crippen molar-refractivity contribution < 1.29 is 14.3 Å². The van der Waals surface area contributed by atoms with Crippen molar-refractivity contribution in [3.63, 3.8) is 0 Å². The molecule has 0 aliphatic heterocycles. The van der Waals surface area contributed by atoms with Crippen LogP contribution in [-0.4, -0.2) is 17.7 Å².